The Kier molecular flexibility index (Phi) is 28.1. The van der Waals surface area contributed by atoms with E-state index in [0.717, 1.165) is 92.7 Å². The Morgan fingerprint density at radius 2 is 1.08 bits per heavy atom. The lowest BCUT2D eigenvalue weighted by Gasteiger charge is -2.49. The highest BCUT2D eigenvalue weighted by atomic mass is 35.5. The third-order valence-corrected chi connectivity index (χ3v) is 21.0. The molecule has 8 aliphatic heterocycles. The van der Waals surface area contributed by atoms with Gasteiger partial charge in [-0.05, 0) is 96.2 Å². The molecule has 13 rings (SSSR count). The van der Waals surface area contributed by atoms with Crippen molar-refractivity contribution in [3.8, 4) is 57.1 Å². The van der Waals surface area contributed by atoms with E-state index in [1.807, 2.05) is 0 Å². The number of phenolic OH excluding ortho intramolecular Hbond substituents is 3. The predicted molar refractivity (Wildman–Crippen MR) is 401 cm³/mol. The maximum absolute atomic E-state index is 16.1. The quantitative estimate of drug-likeness (QED) is 0.0373. The number of amides is 9. The smallest absolute Gasteiger partial charge is 0.330 e. The van der Waals surface area contributed by atoms with Crippen molar-refractivity contribution in [2.24, 2.45) is 11.7 Å². The van der Waals surface area contributed by atoms with E-state index < -0.39 is 316 Å². The number of ether oxygens (including phenoxy) is 8. The first-order valence-corrected chi connectivity index (χ1v) is 37.7. The molecule has 44 heteroatoms. The van der Waals surface area contributed by atoms with E-state index in [9.17, 15) is 105 Å². The van der Waals surface area contributed by atoms with Crippen molar-refractivity contribution in [1.29, 1.82) is 0 Å². The number of hydrogen-bond acceptors (Lipinski definition) is 32. The minimum Gasteiger partial charge on any atom is -0.508 e. The highest BCUT2D eigenvalue weighted by Gasteiger charge is 2.56. The molecule has 25 N–H and O–H groups in total. The molecule has 42 nitrogen and oxygen atoms in total. The summed E-state index contributed by atoms with van der Waals surface area (Å²) in [5.41, 5.74) is 2.49. The Morgan fingerprint density at radius 1 is 0.546 bits per heavy atom. The van der Waals surface area contributed by atoms with Crippen LogP contribution in [0.3, 0.4) is 0 Å². The summed E-state index contributed by atoms with van der Waals surface area (Å²) >= 11 is 14.1. The van der Waals surface area contributed by atoms with Crippen LogP contribution in [0.5, 0.6) is 46.0 Å². The topological polar surface area (TPSA) is 662 Å². The Bertz CT molecular complexity index is 4700. The zero-order valence-electron chi connectivity index (χ0n) is 63.4. The van der Waals surface area contributed by atoms with Gasteiger partial charge < -0.3 is 163 Å². The number of carboxylic acids is 1. The summed E-state index contributed by atoms with van der Waals surface area (Å²) in [7, 11) is 1.44. The SMILES string of the molecule is CN[C@H](CC(C)C)C(=O)N[C@H]1C(=O)N[C@@H](CC(N)=O)C(=O)N[C@H]2C(=O)N[C@H]3C(=O)N[C@H](C(=O)N[C@H](C(=O)O)c4cc(O)cc(O)c4-c4cc3ccc4O)[C@H](O)c3ccc(c(Cl)c3)Oc3cc2cc(c3O[C@@H]2O[C@H](CO)[C@@H](O[C@@H]3O[C@H](CO)[C@@H](O[C@@H]4O[C@H](CO)[C@@H](O)[C@H](O)[C@H]4NC(C)=O)[C@H](O)[C@H]3NC(C)=O)[C@H](O)[C@H]2O)Oc2ccc(cc2Cl)[C@H]1O. The second-order valence-corrected chi connectivity index (χ2v) is 30.1. The van der Waals surface area contributed by atoms with Gasteiger partial charge in [0.1, 0.15) is 144 Å². The van der Waals surface area contributed by atoms with Gasteiger partial charge >= 0.3 is 5.97 Å². The maximum Gasteiger partial charge on any atom is 0.330 e. The van der Waals surface area contributed by atoms with E-state index in [2.05, 4.69) is 47.9 Å². The van der Waals surface area contributed by atoms with Crippen LogP contribution in [-0.2, 0) is 71.6 Å². The zero-order valence-corrected chi connectivity index (χ0v) is 64.9. The minimum absolute atomic E-state index is 0.141. The number of rotatable bonds is 19. The Balaban J connectivity index is 1.07. The van der Waals surface area contributed by atoms with E-state index >= 15 is 14.4 Å². The average molecular weight is 1710 g/mol. The van der Waals surface area contributed by atoms with Crippen LogP contribution in [-0.4, -0.2) is 274 Å². The molecular formula is C75H88Cl2N10O32. The molecule has 0 unspecified atom stereocenters. The first kappa shape index (κ1) is 89.3. The van der Waals surface area contributed by atoms with Crippen molar-refractivity contribution in [3.63, 3.8) is 0 Å². The predicted octanol–water partition coefficient (Wildman–Crippen LogP) is -4.20. The van der Waals surface area contributed by atoms with Crippen molar-refractivity contribution in [1.82, 2.24) is 47.9 Å². The molecule has 8 aliphatic rings. The number of likely N-dealkylation sites (N-methyl/N-ethyl adjacent to an activating group) is 1. The highest BCUT2D eigenvalue weighted by Crippen LogP contribution is 2.50. The molecule has 644 valence electrons. The first-order chi connectivity index (χ1) is 56.3. The van der Waals surface area contributed by atoms with Gasteiger partial charge in [-0.2, -0.15) is 0 Å². The summed E-state index contributed by atoms with van der Waals surface area (Å²) in [6, 6.07) is -5.37. The Hall–Kier alpha value is -10.5. The van der Waals surface area contributed by atoms with Crippen LogP contribution in [0.1, 0.15) is 98.7 Å². The second-order valence-electron chi connectivity index (χ2n) is 29.3. The highest BCUT2D eigenvalue weighted by molar-refractivity contribution is 6.32. The molecule has 24 atom stereocenters. The number of aliphatic carboxylic acids is 1. The monoisotopic (exact) mass is 1710 g/mol. The third kappa shape index (κ3) is 19.4. The number of carbonyl (C=O) groups is 10. The molecule has 0 aromatic heterocycles. The summed E-state index contributed by atoms with van der Waals surface area (Å²) < 4.78 is 49.8. The minimum atomic E-state index is -2.46. The normalized spacial score (nSPS) is 30.6. The molecule has 0 saturated carbocycles. The molecule has 0 spiro atoms. The van der Waals surface area contributed by atoms with Crippen LogP contribution in [0.25, 0.3) is 11.1 Å². The Labute approximate surface area is 684 Å². The number of carbonyl (C=O) groups excluding carboxylic acids is 9. The van der Waals surface area contributed by atoms with E-state index in [1.165, 1.54) is 7.05 Å². The molecular weight excluding hydrogens is 1620 g/mol. The lowest BCUT2D eigenvalue weighted by Crippen LogP contribution is -2.70. The molecule has 0 aliphatic carbocycles. The number of carboxylic acid groups (broad SMARTS) is 1. The fraction of sp³-hybridized carbons (Fsp3) is 0.467. The largest absolute Gasteiger partial charge is 0.508 e. The van der Waals surface area contributed by atoms with Crippen molar-refractivity contribution in [2.75, 3.05) is 26.9 Å². The number of aliphatic hydroxyl groups excluding tert-OH is 10. The van der Waals surface area contributed by atoms with Gasteiger partial charge in [-0.25, -0.2) is 4.79 Å². The Morgan fingerprint density at radius 3 is 1.62 bits per heavy atom. The van der Waals surface area contributed by atoms with Crippen LogP contribution >= 0.6 is 23.2 Å². The number of hydrogen-bond donors (Lipinski definition) is 24. The van der Waals surface area contributed by atoms with Gasteiger partial charge in [-0.15, -0.1) is 0 Å². The number of phenols is 3. The van der Waals surface area contributed by atoms with Crippen molar-refractivity contribution in [2.45, 2.75) is 187 Å². The fourth-order valence-electron chi connectivity index (χ4n) is 14.5. The first-order valence-electron chi connectivity index (χ1n) is 36.9. The van der Waals surface area contributed by atoms with Gasteiger partial charge in [0.2, 0.25) is 65.2 Å². The summed E-state index contributed by atoms with van der Waals surface area (Å²) in [4.78, 5) is 143. The fourth-order valence-corrected chi connectivity index (χ4v) is 15.0. The van der Waals surface area contributed by atoms with E-state index in [1.54, 1.807) is 13.8 Å². The summed E-state index contributed by atoms with van der Waals surface area (Å²) in [6.07, 6.45) is -31.3. The van der Waals surface area contributed by atoms with Crippen LogP contribution in [0, 0.1) is 5.92 Å². The molecule has 0 radical (unpaired) electrons. The molecule has 5 aromatic carbocycles. The molecule has 11 bridgehead atoms. The summed E-state index contributed by atoms with van der Waals surface area (Å²) in [5, 5.41) is 181. The zero-order chi connectivity index (χ0) is 86.8. The van der Waals surface area contributed by atoms with Gasteiger partial charge in [-0.3, -0.25) is 43.2 Å². The van der Waals surface area contributed by atoms with Gasteiger partial charge in [0.25, 0.3) is 0 Å². The number of nitrogens with one attached hydrogen (secondary N) is 9. The lowest BCUT2D eigenvalue weighted by molar-refractivity contribution is -0.356. The molecule has 3 fully saturated rings. The number of halogens is 2. The van der Waals surface area contributed by atoms with E-state index in [0.29, 0.717) is 0 Å². The van der Waals surface area contributed by atoms with E-state index in [4.69, 9.17) is 66.8 Å². The number of nitrogens with two attached hydrogens (primary N) is 1. The van der Waals surface area contributed by atoms with Crippen molar-refractivity contribution < 1.29 is 157 Å². The van der Waals surface area contributed by atoms with Crippen LogP contribution in [0.15, 0.2) is 78.9 Å². The molecule has 5 aromatic rings. The number of primary amides is 1. The average Bonchev–Trinajstić information content (AvgIpc) is 0.774. The molecule has 9 amide bonds. The molecule has 119 heavy (non-hydrogen) atoms. The standard InChI is InChI=1S/C75H88Cl2N10O32/c1-24(2)12-36(79-5)66(104)86-52-56(97)28-7-10-40(34(76)14-28)112-42-16-30-17-43(63(42)117-75-62(103)61(102)65(46(23-90)116-75)119-74-55(81-26(4)92)60(101)64(45(22-89)115-74)118-73-54(80-25(3)91)59(100)58(99)44(21-88)114-73)113-41-11-8-29(15-35(41)77)57(98)53-71(109)85-51(72(110)111)33-18-31(93)19-39(95)48(33)32-13-27(6-9-38(32)94)49(68(106)87-53)84-69(107)50(30)83-67(105)37(20-47(78)96)82-70(52)108/h6-11,13-19,24,36-37,44-46,49-62,64-65,73-75,79,88-90,93-95,97-103H,12,20-23H2,1-5H3,(H2,78,96)(H,80,91)(H,81,92)(H,82,108)(H,83,105)(H,84,107)(H,85,109)(H,86,104)(H,87,106)(H,110,111)/t36-,37+,44-,45-,46-,49-,50-,51+,52-,53+,54-,55-,56-,57-,58-,59-,60-,61-,62-,64-,65-,73+,74+,75+/m1/s1. The van der Waals surface area contributed by atoms with Crippen LogP contribution < -0.4 is 67.8 Å². The van der Waals surface area contributed by atoms with E-state index in [-0.39, 0.29) is 23.5 Å². The summed E-state index contributed by atoms with van der Waals surface area (Å²) in [6.45, 7) is 2.45. The maximum atomic E-state index is 16.1. The van der Waals surface area contributed by atoms with Crippen molar-refractivity contribution in [3.05, 3.63) is 117 Å². The van der Waals surface area contributed by atoms with Crippen LogP contribution in [0.4, 0.5) is 0 Å². The molecule has 8 heterocycles. The third-order valence-electron chi connectivity index (χ3n) is 20.4. The van der Waals surface area contributed by atoms with Crippen molar-refractivity contribution >= 4 is 82.3 Å². The van der Waals surface area contributed by atoms with Gasteiger partial charge in [0.05, 0.1) is 42.3 Å². The lowest BCUT2D eigenvalue weighted by atomic mass is 9.89. The summed E-state index contributed by atoms with van der Waals surface area (Å²) in [5.74, 6) is -18.8. The number of benzene rings is 5. The van der Waals surface area contributed by atoms with Crippen LogP contribution in [0.2, 0.25) is 10.0 Å². The number of aliphatic hydroxyl groups is 10. The number of fused-ring (bicyclic) bond motifs is 15. The van der Waals surface area contributed by atoms with Gasteiger partial charge in [0, 0.05) is 36.6 Å². The van der Waals surface area contributed by atoms with Gasteiger partial charge in [-0.1, -0.05) is 55.2 Å². The second kappa shape index (κ2) is 37.4. The number of aromatic hydroxyl groups is 3. The molecule has 3 saturated heterocycles. The van der Waals surface area contributed by atoms with Gasteiger partial charge in [0.15, 0.2) is 30.1 Å².